The number of benzene rings is 1. The van der Waals surface area contributed by atoms with E-state index in [2.05, 4.69) is 69.6 Å². The van der Waals surface area contributed by atoms with Gasteiger partial charge in [0.15, 0.2) is 5.96 Å². The molecule has 2 heterocycles. The molecule has 2 saturated heterocycles. The van der Waals surface area contributed by atoms with Gasteiger partial charge in [0.1, 0.15) is 0 Å². The predicted molar refractivity (Wildman–Crippen MR) is 131 cm³/mol. The van der Waals surface area contributed by atoms with Crippen molar-refractivity contribution in [1.82, 2.24) is 20.4 Å². The van der Waals surface area contributed by atoms with Crippen LogP contribution in [0.5, 0.6) is 0 Å². The fraction of sp³-hybridized carbons (Fsp3) is 0.720. The number of nitrogens with zero attached hydrogens (tertiary/aromatic N) is 3. The second-order valence-electron chi connectivity index (χ2n) is 9.08. The van der Waals surface area contributed by atoms with Crippen LogP contribution in [0.3, 0.4) is 0 Å². The summed E-state index contributed by atoms with van der Waals surface area (Å²) in [4.78, 5) is 9.39. The number of hydrogen-bond acceptors (Lipinski definition) is 5. The van der Waals surface area contributed by atoms with Gasteiger partial charge in [-0.3, -0.25) is 14.8 Å². The molecule has 0 spiro atoms. The molecule has 0 aromatic heterocycles. The Morgan fingerprint density at radius 1 is 1.19 bits per heavy atom. The summed E-state index contributed by atoms with van der Waals surface area (Å²) in [6.07, 6.45) is 3.64. The lowest BCUT2D eigenvalue weighted by atomic mass is 10.1. The van der Waals surface area contributed by atoms with E-state index in [9.17, 15) is 0 Å². The van der Waals surface area contributed by atoms with Crippen LogP contribution < -0.4 is 10.6 Å². The molecule has 0 radical (unpaired) electrons. The average molecular weight is 446 g/mol. The molecular formula is C25H43N5O2. The van der Waals surface area contributed by atoms with Crippen molar-refractivity contribution in [2.24, 2.45) is 4.99 Å². The van der Waals surface area contributed by atoms with Gasteiger partial charge in [-0.15, -0.1) is 0 Å². The van der Waals surface area contributed by atoms with Crippen LogP contribution in [0.15, 0.2) is 35.3 Å². The Morgan fingerprint density at radius 2 is 1.97 bits per heavy atom. The van der Waals surface area contributed by atoms with Gasteiger partial charge in [-0.05, 0) is 38.7 Å². The first-order chi connectivity index (χ1) is 15.7. The van der Waals surface area contributed by atoms with Crippen LogP contribution in [0.4, 0.5) is 0 Å². The second-order valence-corrected chi connectivity index (χ2v) is 9.08. The molecule has 2 aliphatic heterocycles. The first-order valence-electron chi connectivity index (χ1n) is 12.3. The molecule has 2 N–H and O–H groups in total. The van der Waals surface area contributed by atoms with E-state index in [0.717, 1.165) is 84.3 Å². The quantitative estimate of drug-likeness (QED) is 0.328. The lowest BCUT2D eigenvalue weighted by molar-refractivity contribution is -0.0174. The maximum atomic E-state index is 6.14. The molecule has 180 valence electrons. The molecule has 1 aromatic carbocycles. The van der Waals surface area contributed by atoms with Crippen LogP contribution in [-0.4, -0.2) is 93.5 Å². The first kappa shape index (κ1) is 25.0. The third-order valence-corrected chi connectivity index (χ3v) is 6.52. The number of likely N-dealkylation sites (tertiary alicyclic amines) is 1. The van der Waals surface area contributed by atoms with Crippen molar-refractivity contribution in [3.05, 3.63) is 35.9 Å². The molecule has 2 aliphatic rings. The van der Waals surface area contributed by atoms with Gasteiger partial charge in [0.2, 0.25) is 0 Å². The monoisotopic (exact) mass is 445 g/mol. The Morgan fingerprint density at radius 3 is 2.69 bits per heavy atom. The van der Waals surface area contributed by atoms with E-state index in [0.29, 0.717) is 18.2 Å². The molecule has 2 atom stereocenters. The predicted octanol–water partition coefficient (Wildman–Crippen LogP) is 2.33. The van der Waals surface area contributed by atoms with E-state index >= 15 is 0 Å². The van der Waals surface area contributed by atoms with Crippen molar-refractivity contribution in [1.29, 1.82) is 0 Å². The summed E-state index contributed by atoms with van der Waals surface area (Å²) in [5.74, 6) is 0.868. The highest BCUT2D eigenvalue weighted by Crippen LogP contribution is 2.16. The van der Waals surface area contributed by atoms with Crippen LogP contribution >= 0.6 is 0 Å². The molecule has 32 heavy (non-hydrogen) atoms. The summed E-state index contributed by atoms with van der Waals surface area (Å²) in [5.41, 5.74) is 1.40. The minimum atomic E-state index is 0.399. The number of ether oxygens (including phenoxy) is 2. The summed E-state index contributed by atoms with van der Waals surface area (Å²) in [7, 11) is 1.83. The number of guanidine groups is 1. The molecule has 7 nitrogen and oxygen atoms in total. The fourth-order valence-electron chi connectivity index (χ4n) is 4.58. The van der Waals surface area contributed by atoms with E-state index < -0.39 is 0 Å². The Balaban J connectivity index is 1.23. The van der Waals surface area contributed by atoms with E-state index in [1.807, 2.05) is 7.05 Å². The number of morpholine rings is 1. The molecule has 2 unspecified atom stereocenters. The van der Waals surface area contributed by atoms with Crippen molar-refractivity contribution in [3.63, 3.8) is 0 Å². The van der Waals surface area contributed by atoms with Crippen molar-refractivity contribution in [2.75, 3.05) is 59.6 Å². The SMILES string of the molecule is CN=C(NCCCOC1CCN(Cc2ccccc2)CC1)NCC(C)N1CCOCC1C. The van der Waals surface area contributed by atoms with Crippen molar-refractivity contribution >= 4 is 5.96 Å². The van der Waals surface area contributed by atoms with Gasteiger partial charge < -0.3 is 20.1 Å². The van der Waals surface area contributed by atoms with Crippen LogP contribution in [0.1, 0.15) is 38.7 Å². The Bertz CT molecular complexity index is 664. The normalized spacial score (nSPS) is 22.6. The first-order valence-corrected chi connectivity index (χ1v) is 12.3. The third kappa shape index (κ3) is 8.35. The highest BCUT2D eigenvalue weighted by molar-refractivity contribution is 5.79. The van der Waals surface area contributed by atoms with Gasteiger partial charge >= 0.3 is 0 Å². The van der Waals surface area contributed by atoms with Gasteiger partial charge in [-0.1, -0.05) is 30.3 Å². The van der Waals surface area contributed by atoms with Crippen LogP contribution in [0.2, 0.25) is 0 Å². The smallest absolute Gasteiger partial charge is 0.191 e. The van der Waals surface area contributed by atoms with Crippen molar-refractivity contribution < 1.29 is 9.47 Å². The number of piperidine rings is 1. The topological polar surface area (TPSA) is 61.4 Å². The van der Waals surface area contributed by atoms with Gasteiger partial charge in [-0.25, -0.2) is 0 Å². The number of aliphatic imine (C=N–C) groups is 1. The molecule has 3 rings (SSSR count). The number of rotatable bonds is 10. The van der Waals surface area contributed by atoms with Crippen molar-refractivity contribution in [2.45, 2.75) is 57.8 Å². The third-order valence-electron chi connectivity index (χ3n) is 6.52. The zero-order valence-corrected chi connectivity index (χ0v) is 20.3. The number of nitrogens with one attached hydrogen (secondary N) is 2. The molecule has 2 fully saturated rings. The maximum Gasteiger partial charge on any atom is 0.191 e. The lowest BCUT2D eigenvalue weighted by Gasteiger charge is -2.38. The van der Waals surface area contributed by atoms with Gasteiger partial charge in [-0.2, -0.15) is 0 Å². The standard InChI is InChI=1S/C25H43N5O2/c1-21(30-15-17-31-20-22(30)2)18-28-25(26-3)27-12-7-16-32-24-10-13-29(14-11-24)19-23-8-5-4-6-9-23/h4-6,8-9,21-22,24H,7,10-20H2,1-3H3,(H2,26,27,28). The Kier molecular flexibility index (Phi) is 10.8. The van der Waals surface area contributed by atoms with Gasteiger partial charge in [0.25, 0.3) is 0 Å². The van der Waals surface area contributed by atoms with E-state index in [1.165, 1.54) is 5.56 Å². The number of hydrogen-bond donors (Lipinski definition) is 2. The molecular weight excluding hydrogens is 402 g/mol. The molecule has 0 aliphatic carbocycles. The summed E-state index contributed by atoms with van der Waals surface area (Å²) in [6.45, 7) is 13.0. The van der Waals surface area contributed by atoms with Gasteiger partial charge in [0, 0.05) is 65.0 Å². The van der Waals surface area contributed by atoms with Crippen LogP contribution in [-0.2, 0) is 16.0 Å². The molecule has 0 bridgehead atoms. The molecule has 7 heteroatoms. The molecule has 0 saturated carbocycles. The second kappa shape index (κ2) is 13.8. The minimum Gasteiger partial charge on any atom is -0.379 e. The average Bonchev–Trinajstić information content (AvgIpc) is 2.82. The lowest BCUT2D eigenvalue weighted by Crippen LogP contribution is -2.53. The highest BCUT2D eigenvalue weighted by Gasteiger charge is 2.23. The zero-order valence-electron chi connectivity index (χ0n) is 20.3. The minimum absolute atomic E-state index is 0.399. The Hall–Kier alpha value is -1.67. The van der Waals surface area contributed by atoms with Gasteiger partial charge in [0.05, 0.1) is 19.3 Å². The maximum absolute atomic E-state index is 6.14. The largest absolute Gasteiger partial charge is 0.379 e. The fourth-order valence-corrected chi connectivity index (χ4v) is 4.58. The summed E-state index contributed by atoms with van der Waals surface area (Å²) >= 11 is 0. The van der Waals surface area contributed by atoms with Crippen LogP contribution in [0, 0.1) is 0 Å². The summed E-state index contributed by atoms with van der Waals surface area (Å²) in [5, 5.41) is 6.88. The summed E-state index contributed by atoms with van der Waals surface area (Å²) < 4.78 is 11.7. The van der Waals surface area contributed by atoms with E-state index in [-0.39, 0.29) is 0 Å². The molecule has 0 amide bonds. The highest BCUT2D eigenvalue weighted by atomic mass is 16.5. The molecule has 1 aromatic rings. The van der Waals surface area contributed by atoms with E-state index in [4.69, 9.17) is 9.47 Å². The Labute approximate surface area is 194 Å². The zero-order chi connectivity index (χ0) is 22.6. The van der Waals surface area contributed by atoms with Crippen molar-refractivity contribution in [3.8, 4) is 0 Å². The van der Waals surface area contributed by atoms with E-state index in [1.54, 1.807) is 0 Å². The van der Waals surface area contributed by atoms with Crippen LogP contribution in [0.25, 0.3) is 0 Å². The summed E-state index contributed by atoms with van der Waals surface area (Å²) in [6, 6.07) is 11.7.